The summed E-state index contributed by atoms with van der Waals surface area (Å²) in [6.07, 6.45) is -2.82. The summed E-state index contributed by atoms with van der Waals surface area (Å²) in [4.78, 5) is 15.2. The number of carbonyl (C=O) groups excluding carboxylic acids is 1. The van der Waals surface area contributed by atoms with Gasteiger partial charge in [0.25, 0.3) is 0 Å². The highest BCUT2D eigenvalue weighted by atomic mass is 16.5. The van der Waals surface area contributed by atoms with Crippen LogP contribution < -0.4 is 0 Å². The minimum absolute atomic E-state index is 0.468. The van der Waals surface area contributed by atoms with Crippen molar-refractivity contribution in [1.29, 1.82) is 0 Å². The van der Waals surface area contributed by atoms with Gasteiger partial charge in [-0.15, -0.1) is 0 Å². The molecule has 0 radical (unpaired) electrons. The van der Waals surface area contributed by atoms with Gasteiger partial charge in [0, 0.05) is 17.1 Å². The SMILES string of the molecule is CC(C(=O)OCC(O)C(O)C(O)CO)c1c[nH]c2ccccc12. The smallest absolute Gasteiger partial charge is 0.313 e. The average molecular weight is 323 g/mol. The lowest BCUT2D eigenvalue weighted by atomic mass is 10.0. The molecule has 23 heavy (non-hydrogen) atoms. The van der Waals surface area contributed by atoms with Gasteiger partial charge >= 0.3 is 5.97 Å². The lowest BCUT2D eigenvalue weighted by molar-refractivity contribution is -0.153. The van der Waals surface area contributed by atoms with Crippen molar-refractivity contribution < 1.29 is 30.0 Å². The first-order valence-electron chi connectivity index (χ1n) is 7.33. The molecular formula is C16H21NO6. The first-order chi connectivity index (χ1) is 11.0. The molecule has 4 atom stereocenters. The lowest BCUT2D eigenvalue weighted by Gasteiger charge is -2.21. The highest BCUT2D eigenvalue weighted by Gasteiger charge is 2.27. The van der Waals surface area contributed by atoms with Crippen LogP contribution in [0.3, 0.4) is 0 Å². The highest BCUT2D eigenvalue weighted by Crippen LogP contribution is 2.26. The van der Waals surface area contributed by atoms with Crippen LogP contribution in [0.15, 0.2) is 30.5 Å². The molecule has 0 saturated carbocycles. The van der Waals surface area contributed by atoms with Gasteiger partial charge in [-0.25, -0.2) is 0 Å². The van der Waals surface area contributed by atoms with Crippen molar-refractivity contribution in [2.75, 3.05) is 13.2 Å². The van der Waals surface area contributed by atoms with E-state index in [1.54, 1.807) is 13.1 Å². The van der Waals surface area contributed by atoms with E-state index in [1.165, 1.54) is 0 Å². The predicted octanol–water partition coefficient (Wildman–Crippen LogP) is -0.110. The molecule has 2 rings (SSSR count). The molecule has 126 valence electrons. The van der Waals surface area contributed by atoms with Crippen LogP contribution in [0.4, 0.5) is 0 Å². The van der Waals surface area contributed by atoms with Crippen molar-refractivity contribution in [1.82, 2.24) is 4.98 Å². The van der Waals surface area contributed by atoms with Gasteiger partial charge < -0.3 is 30.1 Å². The summed E-state index contributed by atoms with van der Waals surface area (Å²) in [5.74, 6) is -1.11. The van der Waals surface area contributed by atoms with E-state index in [-0.39, 0.29) is 0 Å². The van der Waals surface area contributed by atoms with Crippen molar-refractivity contribution in [2.24, 2.45) is 0 Å². The lowest BCUT2D eigenvalue weighted by Crippen LogP contribution is -2.42. The molecule has 1 aromatic carbocycles. The number of fused-ring (bicyclic) bond motifs is 1. The quantitative estimate of drug-likeness (QED) is 0.453. The number of aliphatic hydroxyl groups excluding tert-OH is 4. The average Bonchev–Trinajstić information content (AvgIpc) is 3.01. The molecule has 0 aliphatic heterocycles. The second-order valence-electron chi connectivity index (χ2n) is 5.45. The molecule has 2 aromatic rings. The Hall–Kier alpha value is -1.93. The fourth-order valence-corrected chi connectivity index (χ4v) is 2.33. The largest absolute Gasteiger partial charge is 0.462 e. The standard InChI is InChI=1S/C16H21NO6/c1-9(11-6-17-12-5-3-2-4-10(11)12)16(22)23-8-14(20)15(21)13(19)7-18/h2-6,9,13-15,17-21H,7-8H2,1H3. The van der Waals surface area contributed by atoms with Crippen molar-refractivity contribution in [2.45, 2.75) is 31.2 Å². The normalized spacial score (nSPS) is 16.7. The number of rotatable bonds is 7. The van der Waals surface area contributed by atoms with E-state index in [0.29, 0.717) is 0 Å². The Bertz CT molecular complexity index is 655. The molecule has 0 fully saturated rings. The zero-order valence-corrected chi connectivity index (χ0v) is 12.7. The molecule has 0 aliphatic carbocycles. The summed E-state index contributed by atoms with van der Waals surface area (Å²) in [6, 6.07) is 7.54. The van der Waals surface area contributed by atoms with Crippen molar-refractivity contribution >= 4 is 16.9 Å². The molecule has 1 heterocycles. The molecule has 0 bridgehead atoms. The van der Waals surface area contributed by atoms with E-state index in [1.807, 2.05) is 24.3 Å². The van der Waals surface area contributed by atoms with E-state index >= 15 is 0 Å². The van der Waals surface area contributed by atoms with Gasteiger partial charge in [0.15, 0.2) is 0 Å². The number of hydrogen-bond donors (Lipinski definition) is 5. The zero-order chi connectivity index (χ0) is 17.0. The molecule has 0 amide bonds. The second-order valence-corrected chi connectivity index (χ2v) is 5.45. The monoisotopic (exact) mass is 323 g/mol. The molecule has 4 unspecified atom stereocenters. The summed E-state index contributed by atoms with van der Waals surface area (Å²) < 4.78 is 5.00. The number of aliphatic hydroxyl groups is 4. The van der Waals surface area contributed by atoms with E-state index in [9.17, 15) is 20.1 Å². The number of H-pyrrole nitrogens is 1. The van der Waals surface area contributed by atoms with Gasteiger partial charge in [0.2, 0.25) is 0 Å². The van der Waals surface area contributed by atoms with Crippen LogP contribution in [0.5, 0.6) is 0 Å². The second kappa shape index (κ2) is 7.56. The summed E-state index contributed by atoms with van der Waals surface area (Å²) in [5, 5.41) is 38.0. The highest BCUT2D eigenvalue weighted by molar-refractivity contribution is 5.89. The zero-order valence-electron chi connectivity index (χ0n) is 12.7. The fourth-order valence-electron chi connectivity index (χ4n) is 2.33. The molecule has 0 aliphatic rings. The number of aromatic nitrogens is 1. The van der Waals surface area contributed by atoms with Crippen LogP contribution in [0.2, 0.25) is 0 Å². The molecule has 5 N–H and O–H groups in total. The first-order valence-corrected chi connectivity index (χ1v) is 7.33. The number of esters is 1. The van der Waals surface area contributed by atoms with E-state index in [2.05, 4.69) is 4.98 Å². The number of para-hydroxylation sites is 1. The van der Waals surface area contributed by atoms with E-state index in [0.717, 1.165) is 16.5 Å². The van der Waals surface area contributed by atoms with Crippen LogP contribution in [-0.4, -0.2) is 62.9 Å². The van der Waals surface area contributed by atoms with Crippen LogP contribution >= 0.6 is 0 Å². The fraction of sp³-hybridized carbons (Fsp3) is 0.438. The Kier molecular flexibility index (Phi) is 5.73. The predicted molar refractivity (Wildman–Crippen MR) is 82.8 cm³/mol. The molecule has 0 spiro atoms. The van der Waals surface area contributed by atoms with E-state index < -0.39 is 43.4 Å². The molecule has 7 nitrogen and oxygen atoms in total. The Morgan fingerprint density at radius 2 is 1.91 bits per heavy atom. The number of carbonyl (C=O) groups is 1. The van der Waals surface area contributed by atoms with Crippen LogP contribution in [-0.2, 0) is 9.53 Å². The Morgan fingerprint density at radius 1 is 1.22 bits per heavy atom. The molecule has 1 aromatic heterocycles. The van der Waals surface area contributed by atoms with Crippen molar-refractivity contribution in [3.8, 4) is 0 Å². The Morgan fingerprint density at radius 3 is 2.61 bits per heavy atom. The number of aromatic amines is 1. The first kappa shape index (κ1) is 17.4. The van der Waals surface area contributed by atoms with Gasteiger partial charge in [0.1, 0.15) is 24.9 Å². The minimum atomic E-state index is -1.59. The minimum Gasteiger partial charge on any atom is -0.462 e. The maximum absolute atomic E-state index is 12.1. The third-order valence-electron chi connectivity index (χ3n) is 3.81. The third-order valence-corrected chi connectivity index (χ3v) is 3.81. The number of hydrogen-bond acceptors (Lipinski definition) is 6. The summed E-state index contributed by atoms with van der Waals surface area (Å²) in [6.45, 7) is 0.519. The topological polar surface area (TPSA) is 123 Å². The summed E-state index contributed by atoms with van der Waals surface area (Å²) in [5.41, 5.74) is 1.68. The van der Waals surface area contributed by atoms with Gasteiger partial charge in [0.05, 0.1) is 12.5 Å². The van der Waals surface area contributed by atoms with Gasteiger partial charge in [-0.3, -0.25) is 4.79 Å². The van der Waals surface area contributed by atoms with Crippen LogP contribution in [0.25, 0.3) is 10.9 Å². The maximum Gasteiger partial charge on any atom is 0.313 e. The number of benzene rings is 1. The Balaban J connectivity index is 1.98. The van der Waals surface area contributed by atoms with E-state index in [4.69, 9.17) is 9.84 Å². The maximum atomic E-state index is 12.1. The van der Waals surface area contributed by atoms with Gasteiger partial charge in [-0.05, 0) is 18.6 Å². The number of nitrogens with one attached hydrogen (secondary N) is 1. The van der Waals surface area contributed by atoms with Crippen molar-refractivity contribution in [3.63, 3.8) is 0 Å². The van der Waals surface area contributed by atoms with Crippen molar-refractivity contribution in [3.05, 3.63) is 36.0 Å². The molecule has 7 heteroatoms. The molecular weight excluding hydrogens is 302 g/mol. The van der Waals surface area contributed by atoms with Gasteiger partial charge in [-0.2, -0.15) is 0 Å². The summed E-state index contributed by atoms with van der Waals surface area (Å²) in [7, 11) is 0. The summed E-state index contributed by atoms with van der Waals surface area (Å²) >= 11 is 0. The third kappa shape index (κ3) is 3.89. The Labute approximate surface area is 133 Å². The van der Waals surface area contributed by atoms with Crippen LogP contribution in [0, 0.1) is 0 Å². The number of ether oxygens (including phenoxy) is 1. The molecule has 0 saturated heterocycles. The van der Waals surface area contributed by atoms with Gasteiger partial charge in [-0.1, -0.05) is 18.2 Å². The van der Waals surface area contributed by atoms with Crippen LogP contribution in [0.1, 0.15) is 18.4 Å².